The van der Waals surface area contributed by atoms with Gasteiger partial charge in [0.05, 0.1) is 32.4 Å². The van der Waals surface area contributed by atoms with Crippen LogP contribution in [0.1, 0.15) is 65.0 Å². The molecule has 13 nitrogen and oxygen atoms in total. The van der Waals surface area contributed by atoms with Crippen LogP contribution < -0.4 is 21.3 Å². The number of ether oxygens (including phenoxy) is 1. The van der Waals surface area contributed by atoms with Crippen molar-refractivity contribution >= 4 is 29.4 Å². The Kier molecular flexibility index (Phi) is 17.5. The van der Waals surface area contributed by atoms with E-state index in [1.165, 1.54) is 6.92 Å². The highest BCUT2D eigenvalue weighted by molar-refractivity contribution is 5.97. The number of ketones is 1. The first-order chi connectivity index (χ1) is 25.2. The molecular formula is C40H59N5O8. The van der Waals surface area contributed by atoms with Gasteiger partial charge in [-0.3, -0.25) is 28.9 Å². The summed E-state index contributed by atoms with van der Waals surface area (Å²) < 4.78 is 5.39. The fourth-order valence-electron chi connectivity index (χ4n) is 6.16. The zero-order valence-corrected chi connectivity index (χ0v) is 31.8. The van der Waals surface area contributed by atoms with Gasteiger partial charge in [-0.2, -0.15) is 0 Å². The molecule has 1 aliphatic rings. The molecule has 4 amide bonds. The Morgan fingerprint density at radius 2 is 1.21 bits per heavy atom. The van der Waals surface area contributed by atoms with Crippen LogP contribution in [0, 0.1) is 11.8 Å². The lowest BCUT2D eigenvalue weighted by atomic mass is 9.90. The number of carbonyl (C=O) groups excluding carboxylic acids is 5. The Balaban J connectivity index is 1.84. The van der Waals surface area contributed by atoms with Gasteiger partial charge < -0.3 is 36.2 Å². The third kappa shape index (κ3) is 15.0. The van der Waals surface area contributed by atoms with Gasteiger partial charge in [0.25, 0.3) is 0 Å². The van der Waals surface area contributed by atoms with E-state index in [1.54, 1.807) is 12.1 Å². The molecule has 1 heterocycles. The number of benzene rings is 2. The summed E-state index contributed by atoms with van der Waals surface area (Å²) in [4.78, 5) is 70.2. The summed E-state index contributed by atoms with van der Waals surface area (Å²) in [6, 6.07) is 14.4. The number of amides is 4. The van der Waals surface area contributed by atoms with Crippen LogP contribution in [0.3, 0.4) is 0 Å². The molecule has 2 aromatic rings. The zero-order chi connectivity index (χ0) is 39.0. The Hall–Kier alpha value is -4.17. The maximum absolute atomic E-state index is 14.1. The standard InChI is InChI=1S/C40H59N5O8/c1-27(2)22-32(36(48)40(5,52)26-46)42-39(51)34(24-30-14-10-7-11-15-30)44-38(50)33(23-28(3)4)43-37(49)31(17-16-29-12-8-6-9-13-29)41-35(47)25-45-18-20-53-21-19-45/h6-15,27-28,31-34,46,52H,16-26H2,1-5H3,(H,41,47)(H,42,51)(H,43,49)(H,44,50)/t31-,32+,33-,34-,40?/m0/s1. The van der Waals surface area contributed by atoms with Crippen molar-refractivity contribution in [3.8, 4) is 0 Å². The van der Waals surface area contributed by atoms with Crippen molar-refractivity contribution in [1.29, 1.82) is 0 Å². The third-order valence-electron chi connectivity index (χ3n) is 9.12. The average molecular weight is 738 g/mol. The minimum Gasteiger partial charge on any atom is -0.393 e. The summed E-state index contributed by atoms with van der Waals surface area (Å²) in [6.45, 7) is 10.3. The molecule has 13 heteroatoms. The molecule has 0 aromatic heterocycles. The van der Waals surface area contributed by atoms with E-state index in [2.05, 4.69) is 21.3 Å². The summed E-state index contributed by atoms with van der Waals surface area (Å²) in [6.07, 6.45) is 1.33. The Bertz CT molecular complexity index is 1460. The Morgan fingerprint density at radius 3 is 1.77 bits per heavy atom. The predicted molar refractivity (Wildman–Crippen MR) is 202 cm³/mol. The number of nitrogens with zero attached hydrogens (tertiary/aromatic N) is 1. The number of rotatable bonds is 21. The lowest BCUT2D eigenvalue weighted by Crippen LogP contribution is -2.60. The summed E-state index contributed by atoms with van der Waals surface area (Å²) in [5, 5.41) is 31.5. The number of hydrogen-bond acceptors (Lipinski definition) is 9. The van der Waals surface area contributed by atoms with Crippen LogP contribution in [0.2, 0.25) is 0 Å². The van der Waals surface area contributed by atoms with Crippen LogP contribution in [0.25, 0.3) is 0 Å². The van der Waals surface area contributed by atoms with Gasteiger partial charge in [0.15, 0.2) is 5.78 Å². The van der Waals surface area contributed by atoms with Crippen molar-refractivity contribution in [2.75, 3.05) is 39.5 Å². The molecule has 0 bridgehead atoms. The van der Waals surface area contributed by atoms with Crippen molar-refractivity contribution in [2.45, 2.75) is 96.5 Å². The largest absolute Gasteiger partial charge is 0.393 e. The van der Waals surface area contributed by atoms with E-state index in [0.29, 0.717) is 39.1 Å². The molecule has 0 saturated carbocycles. The lowest BCUT2D eigenvalue weighted by Gasteiger charge is -2.30. The maximum atomic E-state index is 14.1. The van der Waals surface area contributed by atoms with Crippen molar-refractivity contribution in [3.63, 3.8) is 0 Å². The number of carbonyl (C=O) groups is 5. The van der Waals surface area contributed by atoms with E-state index in [4.69, 9.17) is 4.74 Å². The van der Waals surface area contributed by atoms with Crippen LogP contribution in [0.5, 0.6) is 0 Å². The highest BCUT2D eigenvalue weighted by Gasteiger charge is 2.38. The third-order valence-corrected chi connectivity index (χ3v) is 9.12. The summed E-state index contributed by atoms with van der Waals surface area (Å²) in [5.74, 6) is -2.89. The molecule has 1 saturated heterocycles. The molecule has 1 fully saturated rings. The number of aliphatic hydroxyl groups excluding tert-OH is 1. The second-order valence-electron chi connectivity index (χ2n) is 15.0. The summed E-state index contributed by atoms with van der Waals surface area (Å²) in [7, 11) is 0. The molecule has 292 valence electrons. The summed E-state index contributed by atoms with van der Waals surface area (Å²) in [5.41, 5.74) is -0.337. The molecule has 3 rings (SSSR count). The van der Waals surface area contributed by atoms with Crippen LogP contribution in [0.4, 0.5) is 0 Å². The van der Waals surface area contributed by atoms with E-state index in [0.717, 1.165) is 11.1 Å². The molecule has 1 aliphatic heterocycles. The van der Waals surface area contributed by atoms with E-state index in [9.17, 15) is 34.2 Å². The molecular weight excluding hydrogens is 678 g/mol. The molecule has 6 N–H and O–H groups in total. The number of nitrogens with one attached hydrogen (secondary N) is 4. The van der Waals surface area contributed by atoms with Gasteiger partial charge in [-0.25, -0.2) is 0 Å². The van der Waals surface area contributed by atoms with Gasteiger partial charge in [-0.05, 0) is 55.6 Å². The van der Waals surface area contributed by atoms with Crippen LogP contribution in [0.15, 0.2) is 60.7 Å². The van der Waals surface area contributed by atoms with Crippen molar-refractivity contribution in [1.82, 2.24) is 26.2 Å². The van der Waals surface area contributed by atoms with Crippen LogP contribution in [-0.2, 0) is 41.6 Å². The van der Waals surface area contributed by atoms with Gasteiger partial charge in [-0.1, -0.05) is 88.4 Å². The van der Waals surface area contributed by atoms with Gasteiger partial charge in [-0.15, -0.1) is 0 Å². The topological polar surface area (TPSA) is 186 Å². The lowest BCUT2D eigenvalue weighted by molar-refractivity contribution is -0.144. The Morgan fingerprint density at radius 1 is 0.717 bits per heavy atom. The fourth-order valence-corrected chi connectivity index (χ4v) is 6.16. The van der Waals surface area contributed by atoms with Crippen molar-refractivity contribution in [2.24, 2.45) is 11.8 Å². The Labute approximate surface area is 313 Å². The van der Waals surface area contributed by atoms with E-state index in [1.807, 2.05) is 81.1 Å². The number of hydrogen-bond donors (Lipinski definition) is 6. The SMILES string of the molecule is CC(C)C[C@H](NC(=O)[C@H](CCc1ccccc1)NC(=O)CN1CCOCC1)C(=O)N[C@@H](Cc1ccccc1)C(=O)N[C@H](CC(C)C)C(=O)C(C)(O)CO. The zero-order valence-electron chi connectivity index (χ0n) is 31.8. The van der Waals surface area contributed by atoms with Crippen LogP contribution >= 0.6 is 0 Å². The number of morpholine rings is 1. The van der Waals surface area contributed by atoms with Gasteiger partial charge in [0.1, 0.15) is 23.7 Å². The monoisotopic (exact) mass is 737 g/mol. The molecule has 1 unspecified atom stereocenters. The van der Waals surface area contributed by atoms with E-state index in [-0.39, 0.29) is 43.6 Å². The van der Waals surface area contributed by atoms with Crippen molar-refractivity contribution in [3.05, 3.63) is 71.8 Å². The van der Waals surface area contributed by atoms with Gasteiger partial charge in [0, 0.05) is 19.5 Å². The fraction of sp³-hybridized carbons (Fsp3) is 0.575. The maximum Gasteiger partial charge on any atom is 0.243 e. The van der Waals surface area contributed by atoms with Crippen molar-refractivity contribution < 1.29 is 38.9 Å². The molecule has 0 radical (unpaired) electrons. The van der Waals surface area contributed by atoms with Gasteiger partial charge >= 0.3 is 0 Å². The first-order valence-corrected chi connectivity index (χ1v) is 18.6. The normalized spacial score (nSPS) is 16.8. The highest BCUT2D eigenvalue weighted by atomic mass is 16.5. The average Bonchev–Trinajstić information content (AvgIpc) is 3.12. The first kappa shape index (κ1) is 43.2. The predicted octanol–water partition coefficient (Wildman–Crippen LogP) is 1.54. The summed E-state index contributed by atoms with van der Waals surface area (Å²) >= 11 is 0. The second kappa shape index (κ2) is 21.5. The quantitative estimate of drug-likeness (QED) is 0.111. The van der Waals surface area contributed by atoms with Gasteiger partial charge in [0.2, 0.25) is 23.6 Å². The first-order valence-electron chi connectivity index (χ1n) is 18.6. The molecule has 0 spiro atoms. The smallest absolute Gasteiger partial charge is 0.243 e. The number of aliphatic hydroxyl groups is 2. The highest BCUT2D eigenvalue weighted by Crippen LogP contribution is 2.16. The van der Waals surface area contributed by atoms with E-state index < -0.39 is 59.9 Å². The minimum atomic E-state index is -2.08. The molecule has 53 heavy (non-hydrogen) atoms. The molecule has 0 aliphatic carbocycles. The van der Waals surface area contributed by atoms with E-state index >= 15 is 0 Å². The molecule has 5 atom stereocenters. The minimum absolute atomic E-state index is 0.0279. The number of Topliss-reactive ketones (excluding diaryl/α,β-unsaturated/α-hetero) is 1. The van der Waals surface area contributed by atoms with Crippen LogP contribution in [-0.4, -0.2) is 114 Å². The number of aryl methyl sites for hydroxylation is 1. The molecule has 2 aromatic carbocycles. The second-order valence-corrected chi connectivity index (χ2v) is 15.0.